The van der Waals surface area contributed by atoms with Crippen LogP contribution in [0.4, 0.5) is 5.13 Å². The molecule has 1 aliphatic carbocycles. The number of anilines is 1. The van der Waals surface area contributed by atoms with Crippen molar-refractivity contribution in [1.29, 1.82) is 0 Å². The molecule has 1 N–H and O–H groups in total. The zero-order valence-corrected chi connectivity index (χ0v) is 20.5. The van der Waals surface area contributed by atoms with Crippen LogP contribution in [0.1, 0.15) is 64.5 Å². The van der Waals surface area contributed by atoms with E-state index in [9.17, 15) is 0 Å². The molecule has 0 unspecified atom stereocenters. The van der Waals surface area contributed by atoms with Gasteiger partial charge in [0.1, 0.15) is 0 Å². The van der Waals surface area contributed by atoms with E-state index in [0.717, 1.165) is 37.9 Å². The standard InChI is InChI=1S/C26H38N4S/c1-25(2)9-10-26(3,4)22-17-19(5-6-21(22)25)23-18-31-24(28-23)30-13-7-20(8-14-30)29-15-11-27-12-16-29/h5-6,17-18,20,27H,7-16H2,1-4H3. The highest BCUT2D eigenvalue weighted by Crippen LogP contribution is 2.47. The van der Waals surface area contributed by atoms with Crippen LogP contribution >= 0.6 is 11.3 Å². The van der Waals surface area contributed by atoms with Crippen LogP contribution in [0.3, 0.4) is 0 Å². The Kier molecular flexibility index (Phi) is 5.64. The Hall–Kier alpha value is -1.43. The highest BCUT2D eigenvalue weighted by atomic mass is 32.1. The normalized spacial score (nSPS) is 24.2. The third-order valence-corrected chi connectivity index (χ3v) is 8.95. The first-order chi connectivity index (χ1) is 14.8. The topological polar surface area (TPSA) is 31.4 Å². The predicted molar refractivity (Wildman–Crippen MR) is 133 cm³/mol. The van der Waals surface area contributed by atoms with Crippen molar-refractivity contribution in [2.45, 2.75) is 70.3 Å². The summed E-state index contributed by atoms with van der Waals surface area (Å²) in [5, 5.41) is 6.94. The lowest BCUT2D eigenvalue weighted by Crippen LogP contribution is -2.52. The molecule has 31 heavy (non-hydrogen) atoms. The van der Waals surface area contributed by atoms with Crippen molar-refractivity contribution in [2.24, 2.45) is 0 Å². The lowest BCUT2D eigenvalue weighted by molar-refractivity contribution is 0.150. The minimum Gasteiger partial charge on any atom is -0.348 e. The highest BCUT2D eigenvalue weighted by molar-refractivity contribution is 7.14. The van der Waals surface area contributed by atoms with Crippen molar-refractivity contribution in [1.82, 2.24) is 15.2 Å². The van der Waals surface area contributed by atoms with Crippen LogP contribution in [0.2, 0.25) is 0 Å². The molecule has 2 aliphatic heterocycles. The largest absolute Gasteiger partial charge is 0.348 e. The molecular weight excluding hydrogens is 400 g/mol. The molecule has 3 aliphatic rings. The first-order valence-electron chi connectivity index (χ1n) is 12.1. The fourth-order valence-corrected chi connectivity index (χ4v) is 6.65. The molecule has 2 saturated heterocycles. The Morgan fingerprint density at radius 2 is 1.61 bits per heavy atom. The summed E-state index contributed by atoms with van der Waals surface area (Å²) in [7, 11) is 0. The zero-order chi connectivity index (χ0) is 21.6. The first kappa shape index (κ1) is 21.4. The maximum absolute atomic E-state index is 5.10. The number of fused-ring (bicyclic) bond motifs is 1. The van der Waals surface area contributed by atoms with Crippen LogP contribution in [-0.4, -0.2) is 55.2 Å². The lowest BCUT2D eigenvalue weighted by atomic mass is 9.63. The third-order valence-electron chi connectivity index (χ3n) is 8.04. The fourth-order valence-electron chi connectivity index (χ4n) is 5.76. The quantitative estimate of drug-likeness (QED) is 0.728. The molecule has 0 bridgehead atoms. The van der Waals surface area contributed by atoms with Gasteiger partial charge in [0.25, 0.3) is 0 Å². The molecule has 0 atom stereocenters. The Labute approximate surface area is 192 Å². The number of thiazole rings is 1. The Morgan fingerprint density at radius 1 is 0.935 bits per heavy atom. The number of benzene rings is 1. The van der Waals surface area contributed by atoms with Gasteiger partial charge in [-0.2, -0.15) is 0 Å². The summed E-state index contributed by atoms with van der Waals surface area (Å²) in [5.41, 5.74) is 5.98. The summed E-state index contributed by atoms with van der Waals surface area (Å²) in [6.07, 6.45) is 5.03. The summed E-state index contributed by atoms with van der Waals surface area (Å²) in [6, 6.07) is 7.87. The van der Waals surface area contributed by atoms with Crippen LogP contribution in [0.25, 0.3) is 11.3 Å². The third kappa shape index (κ3) is 4.17. The van der Waals surface area contributed by atoms with Crippen molar-refractivity contribution >= 4 is 16.5 Å². The number of piperazine rings is 1. The smallest absolute Gasteiger partial charge is 0.185 e. The van der Waals surface area contributed by atoms with E-state index in [1.807, 2.05) is 11.3 Å². The second kappa shape index (κ2) is 8.17. The monoisotopic (exact) mass is 438 g/mol. The molecule has 4 nitrogen and oxygen atoms in total. The van der Waals surface area contributed by atoms with E-state index in [4.69, 9.17) is 4.98 Å². The molecule has 0 saturated carbocycles. The summed E-state index contributed by atoms with van der Waals surface area (Å²) in [6.45, 7) is 16.6. The second-order valence-electron chi connectivity index (χ2n) is 11.0. The zero-order valence-electron chi connectivity index (χ0n) is 19.7. The van der Waals surface area contributed by atoms with Gasteiger partial charge < -0.3 is 10.2 Å². The Bertz CT molecular complexity index is 917. The molecule has 5 heteroatoms. The number of nitrogens with one attached hydrogen (secondary N) is 1. The van der Waals surface area contributed by atoms with E-state index in [1.165, 1.54) is 60.6 Å². The Morgan fingerprint density at radius 3 is 2.32 bits per heavy atom. The number of piperidine rings is 1. The fraction of sp³-hybridized carbons (Fsp3) is 0.654. The molecular formula is C26H38N4S. The van der Waals surface area contributed by atoms with Gasteiger partial charge in [-0.3, -0.25) is 4.90 Å². The van der Waals surface area contributed by atoms with Gasteiger partial charge in [-0.05, 0) is 53.7 Å². The van der Waals surface area contributed by atoms with Gasteiger partial charge in [-0.15, -0.1) is 11.3 Å². The van der Waals surface area contributed by atoms with Gasteiger partial charge in [-0.1, -0.05) is 39.8 Å². The van der Waals surface area contributed by atoms with E-state index in [1.54, 1.807) is 0 Å². The molecule has 5 rings (SSSR count). The molecule has 0 radical (unpaired) electrons. The molecule has 3 heterocycles. The maximum Gasteiger partial charge on any atom is 0.185 e. The second-order valence-corrected chi connectivity index (χ2v) is 11.9. The number of rotatable bonds is 3. The van der Waals surface area contributed by atoms with Crippen LogP contribution in [-0.2, 0) is 10.8 Å². The van der Waals surface area contributed by atoms with Crippen molar-refractivity contribution in [3.05, 3.63) is 34.7 Å². The summed E-state index contributed by atoms with van der Waals surface area (Å²) >= 11 is 1.82. The Balaban J connectivity index is 1.31. The molecule has 0 amide bonds. The predicted octanol–water partition coefficient (Wildman–Crippen LogP) is 5.03. The molecule has 1 aromatic carbocycles. The van der Waals surface area contributed by atoms with E-state index >= 15 is 0 Å². The van der Waals surface area contributed by atoms with Crippen LogP contribution in [0.15, 0.2) is 23.6 Å². The summed E-state index contributed by atoms with van der Waals surface area (Å²) in [5.74, 6) is 0. The van der Waals surface area contributed by atoms with Crippen molar-refractivity contribution in [3.8, 4) is 11.3 Å². The van der Waals surface area contributed by atoms with Crippen molar-refractivity contribution < 1.29 is 0 Å². The maximum atomic E-state index is 5.10. The van der Waals surface area contributed by atoms with E-state index in [-0.39, 0.29) is 10.8 Å². The van der Waals surface area contributed by atoms with E-state index in [0.29, 0.717) is 0 Å². The van der Waals surface area contributed by atoms with Gasteiger partial charge in [0.15, 0.2) is 5.13 Å². The average molecular weight is 439 g/mol. The SMILES string of the molecule is CC1(C)CCC(C)(C)c2cc(-c3csc(N4CCC(N5CCNCC5)CC4)n3)ccc21. The van der Waals surface area contributed by atoms with Gasteiger partial charge in [-0.25, -0.2) is 4.98 Å². The van der Waals surface area contributed by atoms with Crippen molar-refractivity contribution in [2.75, 3.05) is 44.2 Å². The molecule has 2 fully saturated rings. The number of nitrogens with zero attached hydrogens (tertiary/aromatic N) is 3. The van der Waals surface area contributed by atoms with Crippen molar-refractivity contribution in [3.63, 3.8) is 0 Å². The van der Waals surface area contributed by atoms with Gasteiger partial charge in [0.2, 0.25) is 0 Å². The number of hydrogen-bond donors (Lipinski definition) is 1. The number of hydrogen-bond acceptors (Lipinski definition) is 5. The molecule has 0 spiro atoms. The number of aromatic nitrogens is 1. The van der Waals surface area contributed by atoms with Gasteiger partial charge in [0, 0.05) is 56.3 Å². The van der Waals surface area contributed by atoms with Gasteiger partial charge in [0.05, 0.1) is 5.69 Å². The highest BCUT2D eigenvalue weighted by Gasteiger charge is 2.37. The minimum atomic E-state index is 0.242. The van der Waals surface area contributed by atoms with Crippen LogP contribution < -0.4 is 10.2 Å². The lowest BCUT2D eigenvalue weighted by Gasteiger charge is -2.42. The van der Waals surface area contributed by atoms with Crippen LogP contribution in [0, 0.1) is 0 Å². The molecule has 168 valence electrons. The molecule has 1 aromatic heterocycles. The van der Waals surface area contributed by atoms with E-state index in [2.05, 4.69) is 66.4 Å². The molecule has 2 aromatic rings. The van der Waals surface area contributed by atoms with Gasteiger partial charge >= 0.3 is 0 Å². The summed E-state index contributed by atoms with van der Waals surface area (Å²) in [4.78, 5) is 10.3. The van der Waals surface area contributed by atoms with E-state index < -0.39 is 0 Å². The van der Waals surface area contributed by atoms with Crippen LogP contribution in [0.5, 0.6) is 0 Å². The first-order valence-corrected chi connectivity index (χ1v) is 13.0. The summed E-state index contributed by atoms with van der Waals surface area (Å²) < 4.78 is 0. The average Bonchev–Trinajstić information content (AvgIpc) is 3.28. The minimum absolute atomic E-state index is 0.242.